The first-order valence-electron chi connectivity index (χ1n) is 9.48. The number of nitrogens with zero attached hydrogens (tertiary/aromatic N) is 1. The van der Waals surface area contributed by atoms with Gasteiger partial charge in [0.2, 0.25) is 26.0 Å². The van der Waals surface area contributed by atoms with Crippen LogP contribution in [0.15, 0.2) is 76.5 Å². The fraction of sp³-hybridized carbons (Fsp3) is 0.0952. The maximum absolute atomic E-state index is 13.3. The normalized spacial score (nSPS) is 12.0. The number of nitrogens with one attached hydrogen (secondary N) is 1. The molecule has 0 heterocycles. The van der Waals surface area contributed by atoms with Crippen LogP contribution in [0.25, 0.3) is 0 Å². The largest absolute Gasteiger partial charge is 0.325 e. The third-order valence-corrected chi connectivity index (χ3v) is 8.17. The van der Waals surface area contributed by atoms with Crippen molar-refractivity contribution in [2.75, 3.05) is 11.9 Å². The van der Waals surface area contributed by atoms with Crippen molar-refractivity contribution in [3.63, 3.8) is 0 Å². The van der Waals surface area contributed by atoms with Crippen LogP contribution in [0.1, 0.15) is 5.56 Å². The zero-order valence-electron chi connectivity index (χ0n) is 17.3. The summed E-state index contributed by atoms with van der Waals surface area (Å²) in [5.41, 5.74) is 0.694. The fourth-order valence-corrected chi connectivity index (χ4v) is 5.39. The van der Waals surface area contributed by atoms with Gasteiger partial charge in [-0.05, 0) is 66.2 Å². The molecule has 0 aliphatic carbocycles. The van der Waals surface area contributed by atoms with E-state index in [0.717, 1.165) is 4.31 Å². The number of carbonyl (C=O) groups is 1. The molecule has 0 aliphatic heterocycles. The summed E-state index contributed by atoms with van der Waals surface area (Å²) in [5, 5.41) is 8.57. The highest BCUT2D eigenvalue weighted by Gasteiger charge is 2.28. The Bertz CT molecular complexity index is 1410. The summed E-state index contributed by atoms with van der Waals surface area (Å²) in [5.74, 6) is -0.661. The number of anilines is 1. The van der Waals surface area contributed by atoms with E-state index in [1.807, 2.05) is 0 Å². The van der Waals surface area contributed by atoms with Crippen LogP contribution in [0.4, 0.5) is 5.69 Å². The van der Waals surface area contributed by atoms with Crippen LogP contribution in [-0.2, 0) is 31.4 Å². The van der Waals surface area contributed by atoms with E-state index in [-0.39, 0.29) is 27.0 Å². The zero-order chi connectivity index (χ0) is 25.1. The van der Waals surface area contributed by atoms with Crippen LogP contribution < -0.4 is 10.5 Å². The minimum absolute atomic E-state index is 0.0627. The molecule has 3 aromatic rings. The first-order chi connectivity index (χ1) is 15.9. The number of carbonyl (C=O) groups excluding carboxylic acids is 1. The molecule has 3 N–H and O–H groups in total. The van der Waals surface area contributed by atoms with Crippen LogP contribution in [0.5, 0.6) is 0 Å². The maximum atomic E-state index is 13.3. The first-order valence-corrected chi connectivity index (χ1v) is 13.6. The van der Waals surface area contributed by atoms with E-state index >= 15 is 0 Å². The molecule has 0 saturated heterocycles. The summed E-state index contributed by atoms with van der Waals surface area (Å²) in [6.07, 6.45) is 0. The minimum Gasteiger partial charge on any atom is -0.325 e. The molecule has 0 aromatic heterocycles. The van der Waals surface area contributed by atoms with E-state index in [4.69, 9.17) is 39.9 Å². The van der Waals surface area contributed by atoms with Crippen molar-refractivity contribution in [1.29, 1.82) is 0 Å². The lowest BCUT2D eigenvalue weighted by Gasteiger charge is -2.22. The summed E-state index contributed by atoms with van der Waals surface area (Å²) >= 11 is 18.0. The molecule has 0 unspecified atom stereocenters. The molecule has 13 heteroatoms. The smallest absolute Gasteiger partial charge is 0.243 e. The number of primary sulfonamides is 1. The van der Waals surface area contributed by atoms with E-state index in [1.165, 1.54) is 54.6 Å². The molecule has 3 rings (SSSR count). The van der Waals surface area contributed by atoms with Gasteiger partial charge < -0.3 is 5.32 Å². The average Bonchev–Trinajstić information content (AvgIpc) is 2.75. The standard InChI is InChI=1S/C21H18Cl3N3O5S2/c22-15-3-7-19(8-4-15)34(31,32)27(12-14-1-2-16(23)11-20(14)24)13-21(28)26-17-5-9-18(10-6-17)33(25,29)30/h1-11H,12-13H2,(H,26,28)(H2,25,29,30). The van der Waals surface area contributed by atoms with Crippen molar-refractivity contribution < 1.29 is 21.6 Å². The minimum atomic E-state index is -4.13. The number of nitrogens with two attached hydrogens (primary N) is 1. The highest BCUT2D eigenvalue weighted by atomic mass is 35.5. The summed E-state index contributed by atoms with van der Waals surface area (Å²) < 4.78 is 50.4. The van der Waals surface area contributed by atoms with Gasteiger partial charge in [-0.2, -0.15) is 4.31 Å². The Morgan fingerprint density at radius 3 is 1.94 bits per heavy atom. The van der Waals surface area contributed by atoms with Crippen molar-refractivity contribution in [3.8, 4) is 0 Å². The first kappa shape index (κ1) is 26.4. The van der Waals surface area contributed by atoms with Crippen LogP contribution in [0.3, 0.4) is 0 Å². The predicted molar refractivity (Wildman–Crippen MR) is 132 cm³/mol. The van der Waals surface area contributed by atoms with Crippen molar-refractivity contribution in [1.82, 2.24) is 4.31 Å². The maximum Gasteiger partial charge on any atom is 0.243 e. The number of benzene rings is 3. The van der Waals surface area contributed by atoms with Gasteiger partial charge in [0.25, 0.3) is 0 Å². The molecule has 0 radical (unpaired) electrons. The van der Waals surface area contributed by atoms with Crippen LogP contribution in [0.2, 0.25) is 15.1 Å². The number of hydrogen-bond donors (Lipinski definition) is 2. The Balaban J connectivity index is 1.88. The van der Waals surface area contributed by atoms with E-state index < -0.39 is 32.5 Å². The summed E-state index contributed by atoms with van der Waals surface area (Å²) in [7, 11) is -8.02. The molecule has 0 bridgehead atoms. The number of sulfonamides is 2. The average molecular weight is 563 g/mol. The molecule has 0 saturated carbocycles. The molecule has 0 aliphatic rings. The molecule has 0 spiro atoms. The lowest BCUT2D eigenvalue weighted by atomic mass is 10.2. The second kappa shape index (κ2) is 10.6. The van der Waals surface area contributed by atoms with E-state index in [1.54, 1.807) is 12.1 Å². The van der Waals surface area contributed by atoms with E-state index in [2.05, 4.69) is 5.32 Å². The molecule has 0 atom stereocenters. The number of amides is 1. The topological polar surface area (TPSA) is 127 Å². The van der Waals surface area contributed by atoms with Gasteiger partial charge in [0.15, 0.2) is 0 Å². The van der Waals surface area contributed by atoms with Gasteiger partial charge in [-0.1, -0.05) is 40.9 Å². The van der Waals surface area contributed by atoms with Crippen LogP contribution in [-0.4, -0.2) is 33.6 Å². The quantitative estimate of drug-likeness (QED) is 0.427. The Kier molecular flexibility index (Phi) is 8.25. The predicted octanol–water partition coefficient (Wildman–Crippen LogP) is 4.12. The number of hydrogen-bond acceptors (Lipinski definition) is 5. The third kappa shape index (κ3) is 6.70. The van der Waals surface area contributed by atoms with Gasteiger partial charge in [-0.15, -0.1) is 0 Å². The summed E-state index contributed by atoms with van der Waals surface area (Å²) in [4.78, 5) is 12.5. The van der Waals surface area contributed by atoms with Gasteiger partial charge in [0, 0.05) is 27.3 Å². The highest BCUT2D eigenvalue weighted by Crippen LogP contribution is 2.26. The Morgan fingerprint density at radius 1 is 0.824 bits per heavy atom. The number of halogens is 3. The molecular weight excluding hydrogens is 545 g/mol. The summed E-state index contributed by atoms with van der Waals surface area (Å²) in [6, 6.07) is 15.2. The fourth-order valence-electron chi connectivity index (χ4n) is 2.91. The van der Waals surface area contributed by atoms with Gasteiger partial charge in [-0.3, -0.25) is 4.79 Å². The van der Waals surface area contributed by atoms with Crippen LogP contribution in [0, 0.1) is 0 Å². The van der Waals surface area contributed by atoms with E-state index in [0.29, 0.717) is 15.6 Å². The Labute approximate surface area is 212 Å². The second-order valence-corrected chi connectivity index (χ2v) is 11.9. The van der Waals surface area contributed by atoms with Crippen molar-refractivity contribution in [2.45, 2.75) is 16.3 Å². The molecule has 3 aromatic carbocycles. The van der Waals surface area contributed by atoms with Gasteiger partial charge >= 0.3 is 0 Å². The van der Waals surface area contributed by atoms with Crippen molar-refractivity contribution in [2.24, 2.45) is 5.14 Å². The monoisotopic (exact) mass is 561 g/mol. The molecule has 1 amide bonds. The highest BCUT2D eigenvalue weighted by molar-refractivity contribution is 7.89. The zero-order valence-corrected chi connectivity index (χ0v) is 21.2. The van der Waals surface area contributed by atoms with Crippen molar-refractivity contribution in [3.05, 3.63) is 87.4 Å². The van der Waals surface area contributed by atoms with E-state index in [9.17, 15) is 21.6 Å². The molecule has 34 heavy (non-hydrogen) atoms. The Morgan fingerprint density at radius 2 is 1.38 bits per heavy atom. The van der Waals surface area contributed by atoms with Crippen LogP contribution >= 0.6 is 34.8 Å². The van der Waals surface area contributed by atoms with Crippen molar-refractivity contribution >= 4 is 66.4 Å². The lowest BCUT2D eigenvalue weighted by molar-refractivity contribution is -0.116. The molecule has 180 valence electrons. The second-order valence-electron chi connectivity index (χ2n) is 7.08. The summed E-state index contributed by atoms with van der Waals surface area (Å²) in [6.45, 7) is -0.764. The molecule has 0 fully saturated rings. The van der Waals surface area contributed by atoms with Gasteiger partial charge in [0.1, 0.15) is 0 Å². The lowest BCUT2D eigenvalue weighted by Crippen LogP contribution is -2.37. The number of rotatable bonds is 8. The Hall–Kier alpha value is -2.18. The van der Waals surface area contributed by atoms with Gasteiger partial charge in [0.05, 0.1) is 16.3 Å². The van der Waals surface area contributed by atoms with Gasteiger partial charge in [-0.25, -0.2) is 22.0 Å². The molecular formula is C21H18Cl3N3O5S2. The SMILES string of the molecule is NS(=O)(=O)c1ccc(NC(=O)CN(Cc2ccc(Cl)cc2Cl)S(=O)(=O)c2ccc(Cl)cc2)cc1. The molecule has 8 nitrogen and oxygen atoms in total. The third-order valence-electron chi connectivity index (χ3n) is 4.60.